The van der Waals surface area contributed by atoms with E-state index in [-0.39, 0.29) is 12.1 Å². The van der Waals surface area contributed by atoms with Gasteiger partial charge in [0.05, 0.1) is 23.2 Å². The van der Waals surface area contributed by atoms with E-state index in [0.29, 0.717) is 17.8 Å². The highest BCUT2D eigenvalue weighted by atomic mass is 32.1. The van der Waals surface area contributed by atoms with E-state index in [0.717, 1.165) is 29.0 Å². The molecule has 0 bridgehead atoms. The fraction of sp³-hybridized carbons (Fsp3) is 0.412. The summed E-state index contributed by atoms with van der Waals surface area (Å²) in [5.41, 5.74) is 8.57. The summed E-state index contributed by atoms with van der Waals surface area (Å²) >= 11 is 1.55. The Bertz CT molecular complexity index is 888. The van der Waals surface area contributed by atoms with Crippen LogP contribution >= 0.6 is 11.3 Å². The maximum Gasteiger partial charge on any atom is 0.299 e. The molecular formula is C17H20N4O2S. The predicted molar refractivity (Wildman–Crippen MR) is 95.8 cm³/mol. The lowest BCUT2D eigenvalue weighted by atomic mass is 10.0. The average Bonchev–Trinajstić information content (AvgIpc) is 3.10. The van der Waals surface area contributed by atoms with Crippen LogP contribution in [0.5, 0.6) is 5.75 Å². The largest absolute Gasteiger partial charge is 0.494 e. The van der Waals surface area contributed by atoms with Crippen LogP contribution in [-0.4, -0.2) is 22.6 Å². The molecule has 3 aromatic rings. The van der Waals surface area contributed by atoms with Gasteiger partial charge in [0.25, 0.3) is 6.01 Å². The van der Waals surface area contributed by atoms with Crippen molar-refractivity contribution in [3.8, 4) is 5.75 Å². The van der Waals surface area contributed by atoms with Crippen LogP contribution in [0.4, 0.5) is 11.1 Å². The molecule has 0 aliphatic carbocycles. The number of anilines is 2. The summed E-state index contributed by atoms with van der Waals surface area (Å²) in [5.74, 6) is 0.808. The summed E-state index contributed by atoms with van der Waals surface area (Å²) < 4.78 is 11.6. The first kappa shape index (κ1) is 15.3. The minimum absolute atomic E-state index is 0.137. The Hall–Kier alpha value is -2.28. The zero-order valence-electron chi connectivity index (χ0n) is 13.9. The molecule has 0 saturated heterocycles. The molecule has 7 heteroatoms. The minimum atomic E-state index is 0.137. The first-order valence-electron chi connectivity index (χ1n) is 8.13. The number of nitrogens with zero attached hydrogens (tertiary/aromatic N) is 3. The molecule has 0 fully saturated rings. The lowest BCUT2D eigenvalue weighted by molar-refractivity contribution is 0.340. The number of nitrogen functional groups attached to an aromatic ring is 1. The number of oxazole rings is 1. The molecule has 3 heterocycles. The number of aromatic nitrogens is 2. The van der Waals surface area contributed by atoms with Gasteiger partial charge in [-0.3, -0.25) is 0 Å². The summed E-state index contributed by atoms with van der Waals surface area (Å²) in [4.78, 5) is 12.6. The van der Waals surface area contributed by atoms with Crippen molar-refractivity contribution in [2.75, 3.05) is 17.2 Å². The molecule has 24 heavy (non-hydrogen) atoms. The molecule has 1 aliphatic heterocycles. The van der Waals surface area contributed by atoms with Gasteiger partial charge in [0.2, 0.25) is 0 Å². The van der Waals surface area contributed by atoms with Crippen molar-refractivity contribution >= 4 is 33.6 Å². The van der Waals surface area contributed by atoms with Crippen LogP contribution in [0.25, 0.3) is 11.1 Å². The third kappa shape index (κ3) is 2.39. The first-order chi connectivity index (χ1) is 11.6. The lowest BCUT2D eigenvalue weighted by Gasteiger charge is -2.36. The standard InChI is InChI=1S/C17H20N4O2S/c1-4-22-11-5-6-14-12(8-11)20-17(23-14)21-9(2)7-13-15(10(21)3)24-16(18)19-13/h5-6,8-10H,4,7H2,1-3H3,(H2,18,19)/t9-,10+/m1/s1. The number of benzene rings is 1. The van der Waals surface area contributed by atoms with Gasteiger partial charge in [0, 0.05) is 18.5 Å². The third-order valence-corrected chi connectivity index (χ3v) is 5.48. The van der Waals surface area contributed by atoms with Gasteiger partial charge < -0.3 is 19.8 Å². The van der Waals surface area contributed by atoms with Crippen molar-refractivity contribution in [3.05, 3.63) is 28.8 Å². The van der Waals surface area contributed by atoms with E-state index in [1.165, 1.54) is 4.88 Å². The minimum Gasteiger partial charge on any atom is -0.494 e. The number of hydrogen-bond donors (Lipinski definition) is 1. The van der Waals surface area contributed by atoms with Crippen LogP contribution < -0.4 is 15.4 Å². The Morgan fingerprint density at radius 3 is 3.00 bits per heavy atom. The van der Waals surface area contributed by atoms with Crippen molar-refractivity contribution in [1.82, 2.24) is 9.97 Å². The molecule has 4 rings (SSSR count). The molecule has 6 nitrogen and oxygen atoms in total. The number of hydrogen-bond acceptors (Lipinski definition) is 7. The second kappa shape index (κ2) is 5.66. The molecule has 0 amide bonds. The molecular weight excluding hydrogens is 324 g/mol. The van der Waals surface area contributed by atoms with Gasteiger partial charge in [-0.05, 0) is 32.9 Å². The Balaban J connectivity index is 1.73. The number of rotatable bonds is 3. The van der Waals surface area contributed by atoms with E-state index in [9.17, 15) is 0 Å². The molecule has 0 unspecified atom stereocenters. The fourth-order valence-electron chi connectivity index (χ4n) is 3.36. The fourth-order valence-corrected chi connectivity index (χ4v) is 4.27. The quantitative estimate of drug-likeness (QED) is 0.779. The maximum absolute atomic E-state index is 6.02. The molecule has 0 radical (unpaired) electrons. The lowest BCUT2D eigenvalue weighted by Crippen LogP contribution is -2.40. The topological polar surface area (TPSA) is 77.4 Å². The Kier molecular flexibility index (Phi) is 3.60. The van der Waals surface area contributed by atoms with Gasteiger partial charge in [-0.2, -0.15) is 4.98 Å². The number of thiazole rings is 1. The Morgan fingerprint density at radius 1 is 1.38 bits per heavy atom. The van der Waals surface area contributed by atoms with Crippen LogP contribution in [0.3, 0.4) is 0 Å². The predicted octanol–water partition coefficient (Wildman–Crippen LogP) is 3.78. The number of fused-ring (bicyclic) bond motifs is 2. The summed E-state index contributed by atoms with van der Waals surface area (Å²) in [6.45, 7) is 6.90. The van der Waals surface area contributed by atoms with Gasteiger partial charge in [-0.25, -0.2) is 4.98 Å². The summed E-state index contributed by atoms with van der Waals surface area (Å²) in [5, 5.41) is 0.625. The summed E-state index contributed by atoms with van der Waals surface area (Å²) in [6, 6.07) is 6.75. The van der Waals surface area contributed by atoms with Crippen LogP contribution in [0, 0.1) is 0 Å². The van der Waals surface area contributed by atoms with E-state index in [1.807, 2.05) is 25.1 Å². The molecule has 0 saturated carbocycles. The molecule has 2 atom stereocenters. The smallest absolute Gasteiger partial charge is 0.299 e. The van der Waals surface area contributed by atoms with Crippen molar-refractivity contribution in [1.29, 1.82) is 0 Å². The Labute approximate surface area is 144 Å². The molecule has 0 spiro atoms. The van der Waals surface area contributed by atoms with E-state index in [2.05, 4.69) is 23.7 Å². The third-order valence-electron chi connectivity index (χ3n) is 4.38. The molecule has 2 N–H and O–H groups in total. The zero-order valence-corrected chi connectivity index (χ0v) is 14.8. The highest BCUT2D eigenvalue weighted by Crippen LogP contribution is 2.40. The van der Waals surface area contributed by atoms with Gasteiger partial charge in [-0.15, -0.1) is 0 Å². The average molecular weight is 344 g/mol. The van der Waals surface area contributed by atoms with Gasteiger partial charge in [0.15, 0.2) is 10.7 Å². The SMILES string of the molecule is CCOc1ccc2oc(N3[C@H](C)Cc4nc(N)sc4[C@@H]3C)nc2c1. The summed E-state index contributed by atoms with van der Waals surface area (Å²) in [7, 11) is 0. The highest BCUT2D eigenvalue weighted by molar-refractivity contribution is 7.15. The van der Waals surface area contributed by atoms with Gasteiger partial charge >= 0.3 is 0 Å². The second-order valence-corrected chi connectivity index (χ2v) is 7.12. The van der Waals surface area contributed by atoms with Crippen LogP contribution in [0.1, 0.15) is 37.4 Å². The van der Waals surface area contributed by atoms with Crippen molar-refractivity contribution in [3.63, 3.8) is 0 Å². The van der Waals surface area contributed by atoms with Crippen LogP contribution in [0.2, 0.25) is 0 Å². The number of ether oxygens (including phenoxy) is 1. The van der Waals surface area contributed by atoms with E-state index in [1.54, 1.807) is 11.3 Å². The van der Waals surface area contributed by atoms with E-state index in [4.69, 9.17) is 19.9 Å². The zero-order chi connectivity index (χ0) is 16.8. The van der Waals surface area contributed by atoms with Crippen LogP contribution in [-0.2, 0) is 6.42 Å². The molecule has 126 valence electrons. The van der Waals surface area contributed by atoms with Gasteiger partial charge in [0.1, 0.15) is 11.3 Å². The normalized spacial score (nSPS) is 20.4. The Morgan fingerprint density at radius 2 is 2.21 bits per heavy atom. The second-order valence-electron chi connectivity index (χ2n) is 6.06. The monoisotopic (exact) mass is 344 g/mol. The van der Waals surface area contributed by atoms with Crippen molar-refractivity contribution in [2.24, 2.45) is 0 Å². The summed E-state index contributed by atoms with van der Waals surface area (Å²) in [6.07, 6.45) is 0.844. The van der Waals surface area contributed by atoms with Crippen LogP contribution in [0.15, 0.2) is 22.6 Å². The number of nitrogens with two attached hydrogens (primary N) is 1. The highest BCUT2D eigenvalue weighted by Gasteiger charge is 2.34. The molecule has 1 aromatic carbocycles. The molecule has 2 aromatic heterocycles. The first-order valence-corrected chi connectivity index (χ1v) is 8.95. The van der Waals surface area contributed by atoms with E-state index < -0.39 is 0 Å². The van der Waals surface area contributed by atoms with E-state index >= 15 is 0 Å². The maximum atomic E-state index is 6.02. The van der Waals surface area contributed by atoms with Crippen molar-refractivity contribution in [2.45, 2.75) is 39.3 Å². The van der Waals surface area contributed by atoms with Gasteiger partial charge in [-0.1, -0.05) is 11.3 Å². The molecule has 1 aliphatic rings. The van der Waals surface area contributed by atoms with Crippen molar-refractivity contribution < 1.29 is 9.15 Å².